The zero-order valence-corrected chi connectivity index (χ0v) is 26.6. The number of carbonyl (C=O) groups excluding carboxylic acids is 3. The second kappa shape index (κ2) is 17.2. The Kier molecular flexibility index (Phi) is 14.1. The molecule has 4 N–H and O–H groups in total. The molecule has 44 heavy (non-hydrogen) atoms. The van der Waals surface area contributed by atoms with Gasteiger partial charge in [0.05, 0.1) is 31.3 Å². The van der Waals surface area contributed by atoms with Crippen LogP contribution in [-0.2, 0) is 16.0 Å². The molecule has 2 rings (SSSR count). The molecule has 0 aromatic heterocycles. The van der Waals surface area contributed by atoms with Crippen LogP contribution in [0.3, 0.4) is 0 Å². The van der Waals surface area contributed by atoms with Crippen molar-refractivity contribution in [3.8, 4) is 11.5 Å². The van der Waals surface area contributed by atoms with E-state index in [4.69, 9.17) is 9.47 Å². The highest BCUT2D eigenvalue weighted by atomic mass is 16.6. The van der Waals surface area contributed by atoms with Gasteiger partial charge in [-0.05, 0) is 48.4 Å². The number of ether oxygens (including phenoxy) is 2. The van der Waals surface area contributed by atoms with Crippen molar-refractivity contribution in [3.05, 3.63) is 63.7 Å². The Morgan fingerprint density at radius 2 is 1.50 bits per heavy atom. The number of amides is 3. The summed E-state index contributed by atoms with van der Waals surface area (Å²) in [6.07, 6.45) is -0.433. The maximum absolute atomic E-state index is 13.7. The molecular weight excluding hydrogens is 568 g/mol. The first-order valence-electron chi connectivity index (χ1n) is 14.8. The molecule has 0 saturated heterocycles. The molecular formula is C32H46N4O8. The number of carbonyl (C=O) groups is 3. The molecule has 3 amide bonds. The first kappa shape index (κ1) is 36.0. The molecule has 0 unspecified atom stereocenters. The van der Waals surface area contributed by atoms with Crippen LogP contribution in [-0.4, -0.2) is 66.7 Å². The number of aliphatic hydroxyl groups is 1. The van der Waals surface area contributed by atoms with E-state index in [-0.39, 0.29) is 41.8 Å². The fourth-order valence-electron chi connectivity index (χ4n) is 4.63. The topological polar surface area (TPSA) is 169 Å². The molecule has 0 saturated carbocycles. The highest BCUT2D eigenvalue weighted by Gasteiger charge is 2.30. The maximum Gasteiger partial charge on any atom is 0.269 e. The minimum atomic E-state index is -1.09. The van der Waals surface area contributed by atoms with Crippen LogP contribution in [0.15, 0.2) is 42.5 Å². The summed E-state index contributed by atoms with van der Waals surface area (Å²) in [6, 6.07) is 8.53. The van der Waals surface area contributed by atoms with Gasteiger partial charge in [-0.25, -0.2) is 0 Å². The predicted molar refractivity (Wildman–Crippen MR) is 167 cm³/mol. The molecule has 0 spiro atoms. The Bertz CT molecular complexity index is 1270. The van der Waals surface area contributed by atoms with Crippen LogP contribution >= 0.6 is 0 Å². The van der Waals surface area contributed by atoms with E-state index in [2.05, 4.69) is 16.0 Å². The third kappa shape index (κ3) is 11.1. The van der Waals surface area contributed by atoms with E-state index in [1.54, 1.807) is 13.0 Å². The summed E-state index contributed by atoms with van der Waals surface area (Å²) in [5, 5.41) is 30.8. The summed E-state index contributed by atoms with van der Waals surface area (Å²) in [5.74, 6) is -0.602. The fourth-order valence-corrected chi connectivity index (χ4v) is 4.63. The van der Waals surface area contributed by atoms with E-state index in [1.807, 2.05) is 27.7 Å². The lowest BCUT2D eigenvalue weighted by Gasteiger charge is -2.29. The highest BCUT2D eigenvalue weighted by molar-refractivity contribution is 5.98. The molecule has 0 radical (unpaired) electrons. The van der Waals surface area contributed by atoms with Gasteiger partial charge in [-0.3, -0.25) is 24.5 Å². The number of hydrogen-bond acceptors (Lipinski definition) is 8. The second-order valence-electron chi connectivity index (χ2n) is 11.8. The van der Waals surface area contributed by atoms with Crippen LogP contribution in [0.25, 0.3) is 0 Å². The normalized spacial score (nSPS) is 13.9. The molecule has 2 aromatic rings. The molecule has 4 atom stereocenters. The Morgan fingerprint density at radius 1 is 0.864 bits per heavy atom. The molecule has 0 aliphatic rings. The van der Waals surface area contributed by atoms with Gasteiger partial charge in [0.25, 0.3) is 11.6 Å². The number of nitrogens with one attached hydrogen (secondary N) is 3. The van der Waals surface area contributed by atoms with Gasteiger partial charge in [0, 0.05) is 36.6 Å². The smallest absolute Gasteiger partial charge is 0.269 e. The van der Waals surface area contributed by atoms with Crippen molar-refractivity contribution in [2.75, 3.05) is 20.8 Å². The van der Waals surface area contributed by atoms with E-state index < -0.39 is 40.8 Å². The van der Waals surface area contributed by atoms with Gasteiger partial charge < -0.3 is 30.5 Å². The van der Waals surface area contributed by atoms with Crippen molar-refractivity contribution in [2.45, 2.75) is 72.1 Å². The van der Waals surface area contributed by atoms with Crippen molar-refractivity contribution in [3.63, 3.8) is 0 Å². The first-order chi connectivity index (χ1) is 20.7. The van der Waals surface area contributed by atoms with E-state index in [0.717, 1.165) is 0 Å². The Balaban J connectivity index is 2.31. The largest absolute Gasteiger partial charge is 0.493 e. The zero-order chi connectivity index (χ0) is 33.0. The average molecular weight is 615 g/mol. The van der Waals surface area contributed by atoms with E-state index in [9.17, 15) is 29.6 Å². The van der Waals surface area contributed by atoms with Gasteiger partial charge in [0.2, 0.25) is 11.8 Å². The minimum absolute atomic E-state index is 0.0291. The second-order valence-corrected chi connectivity index (χ2v) is 11.8. The lowest BCUT2D eigenvalue weighted by molar-refractivity contribution is -0.384. The van der Waals surface area contributed by atoms with Gasteiger partial charge in [-0.2, -0.15) is 0 Å². The van der Waals surface area contributed by atoms with Gasteiger partial charge in [0.1, 0.15) is 6.04 Å². The summed E-state index contributed by atoms with van der Waals surface area (Å²) in [4.78, 5) is 50.2. The van der Waals surface area contributed by atoms with Crippen LogP contribution in [0.1, 0.15) is 63.4 Å². The van der Waals surface area contributed by atoms with Crippen molar-refractivity contribution in [1.29, 1.82) is 0 Å². The summed E-state index contributed by atoms with van der Waals surface area (Å²) >= 11 is 0. The number of aliphatic hydroxyl groups excluding tert-OH is 1. The highest BCUT2D eigenvalue weighted by Crippen LogP contribution is 2.27. The number of nitrogens with zero attached hydrogens (tertiary/aromatic N) is 1. The SMILES string of the molecule is COc1ccc(C(=O)N[C@@H](Cc2ccc([N+](=O)[O-])cc2)C(=O)N[C@@H](CC(C)C)[C@@H](O)C[C@@H](C)C(=O)NCC(C)C)cc1OC. The monoisotopic (exact) mass is 614 g/mol. The molecule has 0 aliphatic heterocycles. The number of methoxy groups -OCH3 is 2. The number of rotatable bonds is 17. The minimum Gasteiger partial charge on any atom is -0.493 e. The zero-order valence-electron chi connectivity index (χ0n) is 26.6. The Morgan fingerprint density at radius 3 is 2.05 bits per heavy atom. The first-order valence-corrected chi connectivity index (χ1v) is 14.8. The molecule has 0 heterocycles. The third-order valence-electron chi connectivity index (χ3n) is 7.10. The summed E-state index contributed by atoms with van der Waals surface area (Å²) < 4.78 is 10.5. The van der Waals surface area contributed by atoms with Crippen molar-refractivity contribution < 1.29 is 33.9 Å². The summed E-state index contributed by atoms with van der Waals surface area (Å²) in [7, 11) is 2.92. The quantitative estimate of drug-likeness (QED) is 0.155. The number of nitro groups is 1. The molecule has 12 nitrogen and oxygen atoms in total. The van der Waals surface area contributed by atoms with Gasteiger partial charge in [-0.15, -0.1) is 0 Å². The molecule has 2 aromatic carbocycles. The summed E-state index contributed by atoms with van der Waals surface area (Å²) in [5.41, 5.74) is 0.708. The third-order valence-corrected chi connectivity index (χ3v) is 7.10. The lowest BCUT2D eigenvalue weighted by Crippen LogP contribution is -2.54. The fraction of sp³-hybridized carbons (Fsp3) is 0.531. The van der Waals surface area contributed by atoms with Crippen LogP contribution in [0.4, 0.5) is 5.69 Å². The van der Waals surface area contributed by atoms with Crippen LogP contribution in [0.2, 0.25) is 0 Å². The van der Waals surface area contributed by atoms with E-state index >= 15 is 0 Å². The standard InChI is InChI=1S/C32H46N4O8/c1-19(2)14-25(27(37)15-21(5)30(38)33-18-20(3)4)34-32(40)26(16-22-8-11-24(12-9-22)36(41)42)35-31(39)23-10-13-28(43-6)29(17-23)44-7/h8-13,17,19-21,25-27,37H,14-16,18H2,1-7H3,(H,33,38)(H,34,40)(H,35,39)/t21-,25+,26+,27+/m1/s1. The Hall–Kier alpha value is -4.19. The van der Waals surface area contributed by atoms with Crippen molar-refractivity contribution >= 4 is 23.4 Å². The lowest BCUT2D eigenvalue weighted by atomic mass is 9.92. The number of nitro benzene ring substituents is 1. The molecule has 242 valence electrons. The van der Waals surface area contributed by atoms with Crippen molar-refractivity contribution in [1.82, 2.24) is 16.0 Å². The summed E-state index contributed by atoms with van der Waals surface area (Å²) in [6.45, 7) is 10.1. The van der Waals surface area contributed by atoms with Crippen LogP contribution < -0.4 is 25.4 Å². The van der Waals surface area contributed by atoms with Crippen LogP contribution in [0.5, 0.6) is 11.5 Å². The van der Waals surface area contributed by atoms with Gasteiger partial charge in [0.15, 0.2) is 11.5 Å². The van der Waals surface area contributed by atoms with Crippen molar-refractivity contribution in [2.24, 2.45) is 17.8 Å². The maximum atomic E-state index is 13.7. The average Bonchev–Trinajstić information content (AvgIpc) is 2.98. The predicted octanol–water partition coefficient (Wildman–Crippen LogP) is 3.64. The Labute approximate surface area is 259 Å². The molecule has 0 bridgehead atoms. The van der Waals surface area contributed by atoms with E-state index in [1.165, 1.54) is 50.6 Å². The van der Waals surface area contributed by atoms with Gasteiger partial charge in [-0.1, -0.05) is 46.8 Å². The van der Waals surface area contributed by atoms with Gasteiger partial charge >= 0.3 is 0 Å². The number of hydrogen-bond donors (Lipinski definition) is 4. The molecule has 0 aliphatic carbocycles. The van der Waals surface area contributed by atoms with E-state index in [0.29, 0.717) is 30.0 Å². The number of non-ortho nitro benzene ring substituents is 1. The number of benzene rings is 2. The molecule has 0 fully saturated rings. The molecule has 12 heteroatoms. The van der Waals surface area contributed by atoms with Crippen LogP contribution in [0, 0.1) is 27.9 Å².